The third-order valence-electron chi connectivity index (χ3n) is 4.55. The summed E-state index contributed by atoms with van der Waals surface area (Å²) in [5.74, 6) is -1.76. The molecule has 2 aliphatic rings. The van der Waals surface area contributed by atoms with Gasteiger partial charge in [0.25, 0.3) is 0 Å². The summed E-state index contributed by atoms with van der Waals surface area (Å²) in [5.41, 5.74) is 0.982. The Hall–Kier alpha value is -2.75. The van der Waals surface area contributed by atoms with Crippen LogP contribution in [0.4, 0.5) is 10.1 Å². The van der Waals surface area contributed by atoms with E-state index >= 15 is 0 Å². The van der Waals surface area contributed by atoms with Crippen LogP contribution in [0.3, 0.4) is 0 Å². The molecule has 1 aromatic rings. The van der Waals surface area contributed by atoms with E-state index < -0.39 is 23.9 Å². The quantitative estimate of drug-likeness (QED) is 0.731. The highest BCUT2D eigenvalue weighted by molar-refractivity contribution is 5.92. The number of hydroxylamine groups is 2. The fraction of sp³-hybridized carbons (Fsp3) is 0.429. The molecule has 0 bridgehead atoms. The summed E-state index contributed by atoms with van der Waals surface area (Å²) in [4.78, 5) is 31.8. The summed E-state index contributed by atoms with van der Waals surface area (Å²) in [7, 11) is 1.61. The van der Waals surface area contributed by atoms with Crippen LogP contribution in [0.2, 0.25) is 0 Å². The lowest BCUT2D eigenvalue weighted by Crippen LogP contribution is -2.47. The lowest BCUT2D eigenvalue weighted by atomic mass is 10.1. The van der Waals surface area contributed by atoms with E-state index in [4.69, 9.17) is 9.57 Å². The molecule has 1 amide bonds. The van der Waals surface area contributed by atoms with Crippen LogP contribution in [0.5, 0.6) is 0 Å². The summed E-state index contributed by atoms with van der Waals surface area (Å²) < 4.78 is 18.7. The number of benzene rings is 1. The Morgan fingerprint density at radius 1 is 1.33 bits per heavy atom. The van der Waals surface area contributed by atoms with Crippen molar-refractivity contribution in [1.29, 1.82) is 0 Å². The molecular weight excluding hydrogens is 393 g/mol. The van der Waals surface area contributed by atoms with Crippen LogP contribution in [-0.2, 0) is 19.2 Å². The molecule has 1 aromatic carbocycles. The molecule has 0 spiro atoms. The summed E-state index contributed by atoms with van der Waals surface area (Å²) in [6.07, 6.45) is 1.92. The van der Waals surface area contributed by atoms with E-state index in [1.54, 1.807) is 38.8 Å². The van der Waals surface area contributed by atoms with Gasteiger partial charge in [-0.3, -0.25) is 14.8 Å². The van der Waals surface area contributed by atoms with Gasteiger partial charge in [0.05, 0.1) is 17.8 Å². The van der Waals surface area contributed by atoms with Crippen LogP contribution in [0.1, 0.15) is 20.8 Å². The largest absolute Gasteiger partial charge is 0.479 e. The number of likely N-dealkylation sites (N-methyl/N-ethyl adjacent to an activating group) is 1. The Balaban J connectivity index is 1.68. The van der Waals surface area contributed by atoms with Gasteiger partial charge in [-0.2, -0.15) is 0 Å². The normalized spacial score (nSPS) is 20.3. The molecule has 2 aliphatic heterocycles. The highest BCUT2D eigenvalue weighted by Gasteiger charge is 2.39. The number of hydrogen-bond acceptors (Lipinski definition) is 6. The minimum atomic E-state index is -1.19. The second-order valence-electron chi connectivity index (χ2n) is 8.16. The number of carboxylic acids is 1. The molecule has 8 nitrogen and oxygen atoms in total. The van der Waals surface area contributed by atoms with Gasteiger partial charge in [0.1, 0.15) is 5.82 Å². The van der Waals surface area contributed by atoms with Crippen molar-refractivity contribution in [2.45, 2.75) is 38.7 Å². The van der Waals surface area contributed by atoms with Gasteiger partial charge in [0.2, 0.25) is 5.91 Å². The van der Waals surface area contributed by atoms with Gasteiger partial charge in [-0.15, -0.1) is 0 Å². The molecule has 2 atom stereocenters. The number of hydrogen-bond donors (Lipinski definition) is 2. The predicted molar refractivity (Wildman–Crippen MR) is 108 cm³/mol. The maximum atomic E-state index is 13.0. The highest BCUT2D eigenvalue weighted by Crippen LogP contribution is 2.31. The molecule has 0 saturated heterocycles. The zero-order valence-corrected chi connectivity index (χ0v) is 17.4. The van der Waals surface area contributed by atoms with E-state index in [1.807, 2.05) is 6.08 Å². The molecule has 2 unspecified atom stereocenters. The molecule has 0 saturated carbocycles. The van der Waals surface area contributed by atoms with Crippen LogP contribution in [0.15, 0.2) is 47.7 Å². The number of carboxylic acid groups (broad SMARTS) is 1. The molecule has 2 N–H and O–H groups in total. The Morgan fingerprint density at radius 3 is 2.60 bits per heavy atom. The molecule has 0 aromatic heterocycles. The van der Waals surface area contributed by atoms with Crippen molar-refractivity contribution in [2.24, 2.45) is 0 Å². The van der Waals surface area contributed by atoms with Gasteiger partial charge >= 0.3 is 5.97 Å². The SMILES string of the molecule is CN1OC2C(=CCN2CC(=O)Nc2ccc(F)cc2)C=C1C(OC(C)(C)C)C(=O)O. The lowest BCUT2D eigenvalue weighted by molar-refractivity contribution is -0.209. The zero-order valence-electron chi connectivity index (χ0n) is 17.4. The van der Waals surface area contributed by atoms with Crippen molar-refractivity contribution < 1.29 is 28.7 Å². The van der Waals surface area contributed by atoms with Crippen molar-refractivity contribution in [3.05, 3.63) is 53.5 Å². The first-order valence-corrected chi connectivity index (χ1v) is 9.56. The average molecular weight is 419 g/mol. The number of carbonyl (C=O) groups excluding carboxylic acids is 1. The van der Waals surface area contributed by atoms with Gasteiger partial charge < -0.3 is 15.2 Å². The molecule has 3 rings (SSSR count). The predicted octanol–water partition coefficient (Wildman–Crippen LogP) is 2.36. The Bertz CT molecular complexity index is 876. The second kappa shape index (κ2) is 8.55. The van der Waals surface area contributed by atoms with Gasteiger partial charge in [0, 0.05) is 19.3 Å². The van der Waals surface area contributed by atoms with Gasteiger partial charge in [-0.05, 0) is 56.7 Å². The molecular formula is C21H26FN3O5. The molecule has 9 heteroatoms. The van der Waals surface area contributed by atoms with E-state index in [0.29, 0.717) is 17.9 Å². The first-order valence-electron chi connectivity index (χ1n) is 9.56. The smallest absolute Gasteiger partial charge is 0.339 e. The van der Waals surface area contributed by atoms with Crippen LogP contribution < -0.4 is 5.32 Å². The standard InChI is InChI=1S/C21H26FN3O5/c1-21(2,3)29-18(20(27)28)16-11-13-9-10-25(19(13)30-24(16)4)12-17(26)23-15-7-5-14(22)6-8-15/h5-9,11,18-19H,10,12H2,1-4H3,(H,23,26)(H,27,28). The van der Waals surface area contributed by atoms with Crippen molar-refractivity contribution in [3.63, 3.8) is 0 Å². The fourth-order valence-corrected chi connectivity index (χ4v) is 3.26. The zero-order chi connectivity index (χ0) is 22.1. The van der Waals surface area contributed by atoms with Crippen LogP contribution in [0.25, 0.3) is 0 Å². The summed E-state index contributed by atoms with van der Waals surface area (Å²) in [6, 6.07) is 5.52. The Morgan fingerprint density at radius 2 is 2.00 bits per heavy atom. The number of halogens is 1. The number of rotatable bonds is 6. The number of nitrogens with one attached hydrogen (secondary N) is 1. The van der Waals surface area contributed by atoms with E-state index in [-0.39, 0.29) is 18.3 Å². The van der Waals surface area contributed by atoms with Crippen molar-refractivity contribution in [3.8, 4) is 0 Å². The van der Waals surface area contributed by atoms with Crippen molar-refractivity contribution in [2.75, 3.05) is 25.5 Å². The number of ether oxygens (including phenoxy) is 1. The molecule has 0 aliphatic carbocycles. The first kappa shape index (κ1) is 21.9. The number of carbonyl (C=O) groups is 2. The minimum Gasteiger partial charge on any atom is -0.479 e. The van der Waals surface area contributed by atoms with E-state index in [1.165, 1.54) is 29.3 Å². The maximum Gasteiger partial charge on any atom is 0.339 e. The number of nitrogens with zero attached hydrogens (tertiary/aromatic N) is 2. The van der Waals surface area contributed by atoms with Crippen LogP contribution in [-0.4, -0.2) is 65.0 Å². The molecule has 30 heavy (non-hydrogen) atoms. The fourth-order valence-electron chi connectivity index (χ4n) is 3.26. The number of anilines is 1. The average Bonchev–Trinajstić information content (AvgIpc) is 3.02. The third-order valence-corrected chi connectivity index (χ3v) is 4.55. The van der Waals surface area contributed by atoms with E-state index in [9.17, 15) is 19.1 Å². The monoisotopic (exact) mass is 419 g/mol. The van der Waals surface area contributed by atoms with Gasteiger partial charge in [0.15, 0.2) is 12.3 Å². The van der Waals surface area contributed by atoms with E-state index in [0.717, 1.165) is 5.57 Å². The highest BCUT2D eigenvalue weighted by atomic mass is 19.1. The van der Waals surface area contributed by atoms with Crippen molar-refractivity contribution >= 4 is 17.6 Å². The van der Waals surface area contributed by atoms with Gasteiger partial charge in [-0.1, -0.05) is 6.08 Å². The molecule has 162 valence electrons. The summed E-state index contributed by atoms with van der Waals surface area (Å²) in [6.45, 7) is 5.87. The second-order valence-corrected chi connectivity index (χ2v) is 8.16. The molecule has 2 heterocycles. The molecule has 0 fully saturated rings. The minimum absolute atomic E-state index is 0.0555. The summed E-state index contributed by atoms with van der Waals surface area (Å²) in [5, 5.41) is 13.7. The van der Waals surface area contributed by atoms with Crippen LogP contribution in [0, 0.1) is 5.82 Å². The van der Waals surface area contributed by atoms with Crippen LogP contribution >= 0.6 is 0 Å². The third kappa shape index (κ3) is 5.24. The Kier molecular flexibility index (Phi) is 6.25. The first-order chi connectivity index (χ1) is 14.0. The maximum absolute atomic E-state index is 13.0. The summed E-state index contributed by atoms with van der Waals surface area (Å²) >= 11 is 0. The topological polar surface area (TPSA) is 91.3 Å². The number of amides is 1. The lowest BCUT2D eigenvalue weighted by Gasteiger charge is -2.38. The van der Waals surface area contributed by atoms with Gasteiger partial charge in [-0.25, -0.2) is 14.0 Å². The van der Waals surface area contributed by atoms with Crippen molar-refractivity contribution in [1.82, 2.24) is 9.96 Å². The van der Waals surface area contributed by atoms with E-state index in [2.05, 4.69) is 5.32 Å². The molecule has 0 radical (unpaired) electrons. The number of fused-ring (bicyclic) bond motifs is 1. The number of aliphatic carboxylic acids is 1. The Labute approximate surface area is 174 Å².